The normalized spacial score (nSPS) is 10.8. The minimum absolute atomic E-state index is 0.439. The highest BCUT2D eigenvalue weighted by molar-refractivity contribution is 5.81. The molecule has 4 nitrogen and oxygen atoms in total. The molecule has 3 aromatic rings. The molecule has 0 spiro atoms. The molecule has 0 unspecified atom stereocenters. The zero-order chi connectivity index (χ0) is 14.7. The highest BCUT2D eigenvalue weighted by Gasteiger charge is 2.07. The van der Waals surface area contributed by atoms with Gasteiger partial charge >= 0.3 is 0 Å². The van der Waals surface area contributed by atoms with Gasteiger partial charge in [0.25, 0.3) is 0 Å². The molecule has 0 bridgehead atoms. The number of hydrogen-bond acceptors (Lipinski definition) is 4. The largest absolute Gasteiger partial charge is 0.497 e. The third kappa shape index (κ3) is 2.85. The zero-order valence-corrected chi connectivity index (χ0v) is 11.8. The van der Waals surface area contributed by atoms with Crippen molar-refractivity contribution in [3.8, 4) is 11.5 Å². The van der Waals surface area contributed by atoms with Crippen LogP contribution in [0.3, 0.4) is 0 Å². The number of ether oxygens (including phenoxy) is 2. The fourth-order valence-electron chi connectivity index (χ4n) is 2.22. The molecule has 0 aliphatic carbocycles. The van der Waals surface area contributed by atoms with Crippen LogP contribution >= 0.6 is 0 Å². The van der Waals surface area contributed by atoms with Gasteiger partial charge in [-0.05, 0) is 29.8 Å². The summed E-state index contributed by atoms with van der Waals surface area (Å²) in [4.78, 5) is 0. The summed E-state index contributed by atoms with van der Waals surface area (Å²) in [5, 5.41) is 1.04. The summed E-state index contributed by atoms with van der Waals surface area (Å²) in [6, 6.07) is 13.5. The lowest BCUT2D eigenvalue weighted by atomic mass is 10.1. The Hall–Kier alpha value is -2.46. The minimum Gasteiger partial charge on any atom is -0.497 e. The maximum absolute atomic E-state index is 5.80. The van der Waals surface area contributed by atoms with Gasteiger partial charge in [-0.15, -0.1) is 0 Å². The Morgan fingerprint density at radius 2 is 1.95 bits per heavy atom. The van der Waals surface area contributed by atoms with Gasteiger partial charge in [0.05, 0.1) is 13.4 Å². The lowest BCUT2D eigenvalue weighted by Gasteiger charge is -2.07. The van der Waals surface area contributed by atoms with E-state index >= 15 is 0 Å². The molecule has 0 radical (unpaired) electrons. The van der Waals surface area contributed by atoms with Gasteiger partial charge in [0.1, 0.15) is 23.7 Å². The monoisotopic (exact) mass is 283 g/mol. The van der Waals surface area contributed by atoms with E-state index in [1.165, 1.54) is 0 Å². The summed E-state index contributed by atoms with van der Waals surface area (Å²) in [5.41, 5.74) is 8.60. The van der Waals surface area contributed by atoms with Crippen LogP contribution in [0.5, 0.6) is 11.5 Å². The van der Waals surface area contributed by atoms with Crippen LogP contribution in [0.1, 0.15) is 11.1 Å². The summed E-state index contributed by atoms with van der Waals surface area (Å²) in [5.74, 6) is 1.54. The van der Waals surface area contributed by atoms with Gasteiger partial charge in [-0.25, -0.2) is 0 Å². The van der Waals surface area contributed by atoms with E-state index in [-0.39, 0.29) is 0 Å². The molecule has 21 heavy (non-hydrogen) atoms. The van der Waals surface area contributed by atoms with Crippen molar-refractivity contribution in [3.63, 3.8) is 0 Å². The second kappa shape index (κ2) is 5.89. The first kappa shape index (κ1) is 13.5. The molecule has 0 saturated heterocycles. The van der Waals surface area contributed by atoms with Crippen LogP contribution < -0.4 is 15.2 Å². The minimum atomic E-state index is 0.439. The van der Waals surface area contributed by atoms with E-state index in [0.717, 1.165) is 33.6 Å². The molecule has 0 amide bonds. The Bertz CT molecular complexity index is 749. The van der Waals surface area contributed by atoms with Gasteiger partial charge in [0.15, 0.2) is 0 Å². The van der Waals surface area contributed by atoms with E-state index in [1.807, 2.05) is 42.5 Å². The van der Waals surface area contributed by atoms with Gasteiger partial charge in [-0.3, -0.25) is 0 Å². The van der Waals surface area contributed by atoms with Crippen LogP contribution in [0, 0.1) is 0 Å². The predicted molar refractivity (Wildman–Crippen MR) is 81.4 cm³/mol. The summed E-state index contributed by atoms with van der Waals surface area (Å²) in [6.07, 6.45) is 1.73. The maximum Gasteiger partial charge on any atom is 0.134 e. The molecule has 2 aromatic carbocycles. The van der Waals surface area contributed by atoms with Crippen molar-refractivity contribution in [1.29, 1.82) is 0 Å². The molecule has 0 saturated carbocycles. The number of hydrogen-bond donors (Lipinski definition) is 1. The highest BCUT2D eigenvalue weighted by Crippen LogP contribution is 2.25. The Kier molecular flexibility index (Phi) is 3.79. The molecule has 4 heteroatoms. The fraction of sp³-hybridized carbons (Fsp3) is 0.176. The maximum atomic E-state index is 5.80. The average molecular weight is 283 g/mol. The molecule has 1 aromatic heterocycles. The number of methoxy groups -OCH3 is 1. The number of rotatable bonds is 5. The first-order valence-electron chi connectivity index (χ1n) is 6.76. The van der Waals surface area contributed by atoms with Gasteiger partial charge in [0.2, 0.25) is 0 Å². The summed E-state index contributed by atoms with van der Waals surface area (Å²) in [7, 11) is 1.64. The lowest BCUT2D eigenvalue weighted by molar-refractivity contribution is 0.303. The van der Waals surface area contributed by atoms with Crippen molar-refractivity contribution >= 4 is 11.0 Å². The molecular formula is C17H17NO3. The molecule has 2 N–H and O–H groups in total. The van der Waals surface area contributed by atoms with E-state index in [4.69, 9.17) is 19.6 Å². The first-order valence-corrected chi connectivity index (χ1v) is 6.76. The summed E-state index contributed by atoms with van der Waals surface area (Å²) >= 11 is 0. The van der Waals surface area contributed by atoms with Crippen LogP contribution in [-0.4, -0.2) is 7.11 Å². The highest BCUT2D eigenvalue weighted by atomic mass is 16.5. The Morgan fingerprint density at radius 1 is 1.10 bits per heavy atom. The third-order valence-corrected chi connectivity index (χ3v) is 3.39. The van der Waals surface area contributed by atoms with Crippen LogP contribution in [0.15, 0.2) is 53.1 Å². The third-order valence-electron chi connectivity index (χ3n) is 3.39. The molecule has 0 aliphatic heterocycles. The van der Waals surface area contributed by atoms with Gasteiger partial charge in [0, 0.05) is 23.6 Å². The quantitative estimate of drug-likeness (QED) is 0.779. The van der Waals surface area contributed by atoms with E-state index in [2.05, 4.69) is 0 Å². The van der Waals surface area contributed by atoms with Crippen molar-refractivity contribution in [2.45, 2.75) is 13.2 Å². The van der Waals surface area contributed by atoms with Crippen LogP contribution in [0.25, 0.3) is 11.0 Å². The molecule has 0 atom stereocenters. The Balaban J connectivity index is 1.81. The second-order valence-corrected chi connectivity index (χ2v) is 4.76. The smallest absolute Gasteiger partial charge is 0.134 e. The van der Waals surface area contributed by atoms with Crippen molar-refractivity contribution in [2.24, 2.45) is 5.73 Å². The van der Waals surface area contributed by atoms with Gasteiger partial charge in [-0.1, -0.05) is 12.1 Å². The van der Waals surface area contributed by atoms with E-state index < -0.39 is 0 Å². The summed E-state index contributed by atoms with van der Waals surface area (Å²) < 4.78 is 16.5. The second-order valence-electron chi connectivity index (χ2n) is 4.76. The van der Waals surface area contributed by atoms with E-state index in [0.29, 0.717) is 13.2 Å². The topological polar surface area (TPSA) is 57.6 Å². The number of benzene rings is 2. The molecule has 0 aliphatic rings. The molecule has 3 rings (SSSR count). The Labute approximate surface area is 123 Å². The van der Waals surface area contributed by atoms with Crippen molar-refractivity contribution in [1.82, 2.24) is 0 Å². The SMILES string of the molecule is COc1cccc(OCc2coc3ccc(CN)cc23)c1. The van der Waals surface area contributed by atoms with Crippen LogP contribution in [0.4, 0.5) is 0 Å². The van der Waals surface area contributed by atoms with Gasteiger partial charge in [-0.2, -0.15) is 0 Å². The molecule has 0 fully saturated rings. The van der Waals surface area contributed by atoms with Crippen molar-refractivity contribution in [3.05, 3.63) is 59.9 Å². The number of nitrogens with two attached hydrogens (primary N) is 1. The predicted octanol–water partition coefficient (Wildman–Crippen LogP) is 3.48. The molecule has 108 valence electrons. The standard InChI is InChI=1S/C17H17NO3/c1-19-14-3-2-4-15(8-14)20-10-13-11-21-17-6-5-12(9-18)7-16(13)17/h2-8,11H,9-10,18H2,1H3. The van der Waals surface area contributed by atoms with E-state index in [9.17, 15) is 0 Å². The first-order chi connectivity index (χ1) is 10.3. The number of furan rings is 1. The van der Waals surface area contributed by atoms with Crippen molar-refractivity contribution < 1.29 is 13.9 Å². The fourth-order valence-corrected chi connectivity index (χ4v) is 2.22. The summed E-state index contributed by atoms with van der Waals surface area (Å²) in [6.45, 7) is 0.950. The average Bonchev–Trinajstić information content (AvgIpc) is 2.95. The lowest BCUT2D eigenvalue weighted by Crippen LogP contribution is -1.97. The van der Waals surface area contributed by atoms with Crippen LogP contribution in [0.2, 0.25) is 0 Å². The molecule has 1 heterocycles. The zero-order valence-electron chi connectivity index (χ0n) is 11.8. The van der Waals surface area contributed by atoms with Crippen LogP contribution in [-0.2, 0) is 13.2 Å². The van der Waals surface area contributed by atoms with Gasteiger partial charge < -0.3 is 19.6 Å². The Morgan fingerprint density at radius 3 is 2.76 bits per heavy atom. The van der Waals surface area contributed by atoms with Crippen molar-refractivity contribution in [2.75, 3.05) is 7.11 Å². The number of fused-ring (bicyclic) bond motifs is 1. The molecular weight excluding hydrogens is 266 g/mol. The van der Waals surface area contributed by atoms with E-state index in [1.54, 1.807) is 13.4 Å².